The molecule has 2 aliphatic heterocycles. The van der Waals surface area contributed by atoms with Gasteiger partial charge in [0.05, 0.1) is 38.6 Å². The maximum Gasteiger partial charge on any atom is 0.188 e. The zero-order valence-electron chi connectivity index (χ0n) is 16.0. The SMILES string of the molecule is CC.CCOc1ccc2cc(N3CCOCC3)ccc2c1C1OCCO1. The second-order valence-electron chi connectivity index (χ2n) is 5.99. The highest BCUT2D eigenvalue weighted by molar-refractivity contribution is 5.90. The molecular formula is C21H29NO4. The van der Waals surface area contributed by atoms with E-state index in [0.717, 1.165) is 43.0 Å². The van der Waals surface area contributed by atoms with E-state index in [4.69, 9.17) is 18.9 Å². The first-order valence-electron chi connectivity index (χ1n) is 9.62. The fraction of sp³-hybridized carbons (Fsp3) is 0.524. The van der Waals surface area contributed by atoms with Crippen molar-refractivity contribution in [1.82, 2.24) is 0 Å². The average molecular weight is 359 g/mol. The number of hydrogen-bond donors (Lipinski definition) is 0. The summed E-state index contributed by atoms with van der Waals surface area (Å²) in [5.41, 5.74) is 2.23. The predicted molar refractivity (Wildman–Crippen MR) is 104 cm³/mol. The molecule has 0 aliphatic carbocycles. The number of rotatable bonds is 4. The fourth-order valence-electron chi connectivity index (χ4n) is 3.39. The van der Waals surface area contributed by atoms with Gasteiger partial charge in [0.1, 0.15) is 5.75 Å². The average Bonchev–Trinajstić information content (AvgIpc) is 3.24. The first kappa shape index (κ1) is 19.0. The van der Waals surface area contributed by atoms with Crippen molar-refractivity contribution in [2.75, 3.05) is 51.0 Å². The van der Waals surface area contributed by atoms with Crippen LogP contribution in [-0.2, 0) is 14.2 Å². The Bertz CT molecular complexity index is 706. The van der Waals surface area contributed by atoms with Gasteiger partial charge in [0.25, 0.3) is 0 Å². The summed E-state index contributed by atoms with van der Waals surface area (Å²) in [5.74, 6) is 0.844. The van der Waals surface area contributed by atoms with E-state index >= 15 is 0 Å². The molecule has 2 aliphatic rings. The Morgan fingerprint density at radius 3 is 2.42 bits per heavy atom. The lowest BCUT2D eigenvalue weighted by molar-refractivity contribution is -0.0445. The van der Waals surface area contributed by atoms with Gasteiger partial charge in [-0.2, -0.15) is 0 Å². The zero-order chi connectivity index (χ0) is 18.4. The first-order valence-corrected chi connectivity index (χ1v) is 9.62. The standard InChI is InChI=1S/C19H23NO4.C2H6/c1-2-22-17-6-3-14-13-15(20-7-9-21-10-8-20)4-5-16(14)18(17)19-23-11-12-24-19;1-2/h3-6,13,19H,2,7-12H2,1H3;1-2H3. The maximum absolute atomic E-state index is 5.82. The van der Waals surface area contributed by atoms with Crippen LogP contribution in [0.3, 0.4) is 0 Å². The van der Waals surface area contributed by atoms with Crippen LogP contribution < -0.4 is 9.64 Å². The third kappa shape index (κ3) is 3.95. The molecule has 2 heterocycles. The van der Waals surface area contributed by atoms with E-state index in [9.17, 15) is 0 Å². The molecule has 0 amide bonds. The van der Waals surface area contributed by atoms with Crippen LogP contribution >= 0.6 is 0 Å². The quantitative estimate of drug-likeness (QED) is 0.820. The Labute approximate surface area is 155 Å². The summed E-state index contributed by atoms with van der Waals surface area (Å²) in [5, 5.41) is 2.31. The van der Waals surface area contributed by atoms with Gasteiger partial charge in [0.2, 0.25) is 0 Å². The smallest absolute Gasteiger partial charge is 0.188 e. The lowest BCUT2D eigenvalue weighted by Gasteiger charge is -2.29. The van der Waals surface area contributed by atoms with Crippen molar-refractivity contribution in [3.63, 3.8) is 0 Å². The Hall–Kier alpha value is -1.82. The summed E-state index contributed by atoms with van der Waals surface area (Å²) in [4.78, 5) is 2.36. The fourth-order valence-corrected chi connectivity index (χ4v) is 3.39. The first-order chi connectivity index (χ1) is 12.9. The Balaban J connectivity index is 0.000000948. The molecule has 26 heavy (non-hydrogen) atoms. The Morgan fingerprint density at radius 1 is 1.00 bits per heavy atom. The molecule has 0 atom stereocenters. The summed E-state index contributed by atoms with van der Waals surface area (Å²) in [6.45, 7) is 11.3. The van der Waals surface area contributed by atoms with Crippen molar-refractivity contribution in [3.05, 3.63) is 35.9 Å². The minimum absolute atomic E-state index is 0.343. The number of benzene rings is 2. The van der Waals surface area contributed by atoms with Gasteiger partial charge in [-0.15, -0.1) is 0 Å². The summed E-state index contributed by atoms with van der Waals surface area (Å²) in [6, 6.07) is 10.7. The lowest BCUT2D eigenvalue weighted by atomic mass is 10.0. The third-order valence-electron chi connectivity index (χ3n) is 4.54. The highest BCUT2D eigenvalue weighted by Crippen LogP contribution is 2.38. The van der Waals surface area contributed by atoms with E-state index in [-0.39, 0.29) is 6.29 Å². The third-order valence-corrected chi connectivity index (χ3v) is 4.54. The largest absolute Gasteiger partial charge is 0.493 e. The number of hydrogen-bond acceptors (Lipinski definition) is 5. The molecule has 4 rings (SSSR count). The van der Waals surface area contributed by atoms with Crippen molar-refractivity contribution in [1.29, 1.82) is 0 Å². The summed E-state index contributed by atoms with van der Waals surface area (Å²) in [7, 11) is 0. The second-order valence-corrected chi connectivity index (χ2v) is 5.99. The molecule has 5 nitrogen and oxygen atoms in total. The van der Waals surface area contributed by atoms with Crippen molar-refractivity contribution >= 4 is 16.5 Å². The van der Waals surface area contributed by atoms with E-state index in [1.165, 1.54) is 11.1 Å². The molecule has 0 aromatic heterocycles. The molecule has 142 valence electrons. The molecule has 0 N–H and O–H groups in total. The molecule has 5 heteroatoms. The lowest BCUT2D eigenvalue weighted by Crippen LogP contribution is -2.36. The summed E-state index contributed by atoms with van der Waals surface area (Å²) in [6.07, 6.45) is -0.343. The number of ether oxygens (including phenoxy) is 4. The Morgan fingerprint density at radius 2 is 1.73 bits per heavy atom. The predicted octanol–water partition coefficient (Wildman–Crippen LogP) is 4.15. The van der Waals surface area contributed by atoms with Gasteiger partial charge in [0.15, 0.2) is 6.29 Å². The topological polar surface area (TPSA) is 40.2 Å². The van der Waals surface area contributed by atoms with Crippen LogP contribution in [0.25, 0.3) is 10.8 Å². The van der Waals surface area contributed by atoms with E-state index < -0.39 is 0 Å². The highest BCUT2D eigenvalue weighted by Gasteiger charge is 2.25. The summed E-state index contributed by atoms with van der Waals surface area (Å²) >= 11 is 0. The van der Waals surface area contributed by atoms with Gasteiger partial charge >= 0.3 is 0 Å². The van der Waals surface area contributed by atoms with Gasteiger partial charge < -0.3 is 23.8 Å². The van der Waals surface area contributed by atoms with Gasteiger partial charge in [0, 0.05) is 18.8 Å². The van der Waals surface area contributed by atoms with Crippen LogP contribution in [0.1, 0.15) is 32.6 Å². The van der Waals surface area contributed by atoms with Crippen LogP contribution in [0.5, 0.6) is 5.75 Å². The maximum atomic E-state index is 5.82. The van der Waals surface area contributed by atoms with E-state index in [0.29, 0.717) is 19.8 Å². The van der Waals surface area contributed by atoms with E-state index in [1.54, 1.807) is 0 Å². The normalized spacial score (nSPS) is 17.9. The summed E-state index contributed by atoms with van der Waals surface area (Å²) < 4.78 is 22.8. The highest BCUT2D eigenvalue weighted by atomic mass is 16.7. The molecule has 2 aromatic carbocycles. The van der Waals surface area contributed by atoms with Crippen molar-refractivity contribution < 1.29 is 18.9 Å². The molecule has 0 bridgehead atoms. The number of anilines is 1. The Kier molecular flexibility index (Phi) is 6.72. The molecule has 2 saturated heterocycles. The molecular weight excluding hydrogens is 330 g/mol. The minimum Gasteiger partial charge on any atom is -0.493 e. The van der Waals surface area contributed by atoms with Gasteiger partial charge in [-0.1, -0.05) is 26.0 Å². The number of morpholine rings is 1. The van der Waals surface area contributed by atoms with Crippen LogP contribution in [0.15, 0.2) is 30.3 Å². The van der Waals surface area contributed by atoms with Crippen molar-refractivity contribution in [2.24, 2.45) is 0 Å². The monoisotopic (exact) mass is 359 g/mol. The van der Waals surface area contributed by atoms with E-state index in [2.05, 4.69) is 29.2 Å². The zero-order valence-corrected chi connectivity index (χ0v) is 16.0. The number of fused-ring (bicyclic) bond motifs is 1. The minimum atomic E-state index is -0.343. The molecule has 0 spiro atoms. The van der Waals surface area contributed by atoms with E-state index in [1.807, 2.05) is 26.8 Å². The molecule has 2 fully saturated rings. The molecule has 2 aromatic rings. The molecule has 0 unspecified atom stereocenters. The van der Waals surface area contributed by atoms with Crippen LogP contribution in [0.4, 0.5) is 5.69 Å². The van der Waals surface area contributed by atoms with Crippen molar-refractivity contribution in [2.45, 2.75) is 27.1 Å². The van der Waals surface area contributed by atoms with Crippen LogP contribution in [-0.4, -0.2) is 46.1 Å². The van der Waals surface area contributed by atoms with Crippen LogP contribution in [0, 0.1) is 0 Å². The van der Waals surface area contributed by atoms with Crippen LogP contribution in [0.2, 0.25) is 0 Å². The van der Waals surface area contributed by atoms with Gasteiger partial charge in [-0.05, 0) is 35.9 Å². The molecule has 0 radical (unpaired) electrons. The second kappa shape index (κ2) is 9.21. The van der Waals surface area contributed by atoms with Gasteiger partial charge in [-0.3, -0.25) is 0 Å². The van der Waals surface area contributed by atoms with Crippen molar-refractivity contribution in [3.8, 4) is 5.75 Å². The number of nitrogens with zero attached hydrogens (tertiary/aromatic N) is 1. The van der Waals surface area contributed by atoms with Gasteiger partial charge in [-0.25, -0.2) is 0 Å². The molecule has 0 saturated carbocycles.